The Morgan fingerprint density at radius 3 is 2.46 bits per heavy atom. The molecule has 0 spiro atoms. The van der Waals surface area contributed by atoms with Gasteiger partial charge in [0.2, 0.25) is 0 Å². The number of halogens is 2. The zero-order valence-electron chi connectivity index (χ0n) is 6.59. The zero-order valence-corrected chi connectivity index (χ0v) is 7.35. The van der Waals surface area contributed by atoms with Crippen LogP contribution >= 0.6 is 11.6 Å². The third-order valence-electron chi connectivity index (χ3n) is 1.73. The number of aromatic amines is 1. The van der Waals surface area contributed by atoms with E-state index in [9.17, 15) is 4.39 Å². The van der Waals surface area contributed by atoms with Crippen LogP contribution in [0.15, 0.2) is 30.5 Å². The van der Waals surface area contributed by atoms with Crippen LogP contribution in [0.3, 0.4) is 0 Å². The fourth-order valence-corrected chi connectivity index (χ4v) is 1.29. The third-order valence-corrected chi connectivity index (χ3v) is 2.01. The van der Waals surface area contributed by atoms with Crippen molar-refractivity contribution in [2.45, 2.75) is 0 Å². The molecule has 0 saturated carbocycles. The monoisotopic (exact) mass is 196 g/mol. The SMILES string of the molecule is Fc1ccc(-c2[nH]ncc2Cl)cc1. The lowest BCUT2D eigenvalue weighted by Crippen LogP contribution is -1.79. The number of rotatable bonds is 1. The van der Waals surface area contributed by atoms with E-state index in [0.29, 0.717) is 10.7 Å². The van der Waals surface area contributed by atoms with E-state index in [-0.39, 0.29) is 5.82 Å². The van der Waals surface area contributed by atoms with Crippen molar-refractivity contribution >= 4 is 11.6 Å². The Balaban J connectivity index is 2.47. The average molecular weight is 197 g/mol. The topological polar surface area (TPSA) is 28.7 Å². The highest BCUT2D eigenvalue weighted by molar-refractivity contribution is 6.32. The van der Waals surface area contributed by atoms with Crippen molar-refractivity contribution in [1.29, 1.82) is 0 Å². The van der Waals surface area contributed by atoms with Crippen molar-refractivity contribution in [3.05, 3.63) is 41.3 Å². The van der Waals surface area contributed by atoms with E-state index in [0.717, 1.165) is 5.56 Å². The fourth-order valence-electron chi connectivity index (χ4n) is 1.09. The summed E-state index contributed by atoms with van der Waals surface area (Å²) in [6.45, 7) is 0. The maximum atomic E-state index is 12.6. The van der Waals surface area contributed by atoms with Gasteiger partial charge in [0.05, 0.1) is 16.9 Å². The molecule has 66 valence electrons. The molecule has 0 aliphatic carbocycles. The second-order valence-corrected chi connectivity index (χ2v) is 3.01. The number of aromatic nitrogens is 2. The molecule has 0 radical (unpaired) electrons. The summed E-state index contributed by atoms with van der Waals surface area (Å²) in [7, 11) is 0. The molecule has 1 N–H and O–H groups in total. The Kier molecular flexibility index (Phi) is 2.02. The Bertz CT molecular complexity index is 408. The van der Waals surface area contributed by atoms with Crippen LogP contribution in [0, 0.1) is 5.82 Å². The summed E-state index contributed by atoms with van der Waals surface area (Å²) in [6, 6.07) is 6.06. The number of nitrogens with one attached hydrogen (secondary N) is 1. The van der Waals surface area contributed by atoms with E-state index in [1.165, 1.54) is 18.3 Å². The second-order valence-electron chi connectivity index (χ2n) is 2.60. The largest absolute Gasteiger partial charge is 0.276 e. The van der Waals surface area contributed by atoms with Gasteiger partial charge in [-0.05, 0) is 24.3 Å². The van der Waals surface area contributed by atoms with Gasteiger partial charge in [0.25, 0.3) is 0 Å². The van der Waals surface area contributed by atoms with Crippen molar-refractivity contribution in [1.82, 2.24) is 10.2 Å². The molecule has 0 aliphatic rings. The molecule has 13 heavy (non-hydrogen) atoms. The third kappa shape index (κ3) is 1.55. The molecular weight excluding hydrogens is 191 g/mol. The van der Waals surface area contributed by atoms with Crippen molar-refractivity contribution in [2.75, 3.05) is 0 Å². The molecule has 1 aromatic carbocycles. The highest BCUT2D eigenvalue weighted by Gasteiger charge is 2.04. The molecule has 1 heterocycles. The molecule has 0 atom stereocenters. The van der Waals surface area contributed by atoms with Crippen molar-refractivity contribution in [3.63, 3.8) is 0 Å². The first-order chi connectivity index (χ1) is 6.27. The Morgan fingerprint density at radius 1 is 1.23 bits per heavy atom. The summed E-state index contributed by atoms with van der Waals surface area (Å²) >= 11 is 5.83. The number of benzene rings is 1. The van der Waals surface area contributed by atoms with E-state index < -0.39 is 0 Å². The molecule has 0 bridgehead atoms. The van der Waals surface area contributed by atoms with Gasteiger partial charge in [-0.15, -0.1) is 0 Å². The first kappa shape index (κ1) is 8.26. The Morgan fingerprint density at radius 2 is 1.92 bits per heavy atom. The van der Waals surface area contributed by atoms with E-state index in [1.807, 2.05) is 0 Å². The first-order valence-electron chi connectivity index (χ1n) is 3.72. The number of H-pyrrole nitrogens is 1. The van der Waals surface area contributed by atoms with Gasteiger partial charge in [0.15, 0.2) is 0 Å². The van der Waals surface area contributed by atoms with Gasteiger partial charge in [-0.1, -0.05) is 11.6 Å². The van der Waals surface area contributed by atoms with Crippen molar-refractivity contribution in [2.24, 2.45) is 0 Å². The first-order valence-corrected chi connectivity index (χ1v) is 4.10. The smallest absolute Gasteiger partial charge is 0.123 e. The van der Waals surface area contributed by atoms with Crippen LogP contribution in [-0.4, -0.2) is 10.2 Å². The van der Waals surface area contributed by atoms with Gasteiger partial charge >= 0.3 is 0 Å². The number of nitrogens with zero attached hydrogens (tertiary/aromatic N) is 1. The summed E-state index contributed by atoms with van der Waals surface area (Å²) in [6.07, 6.45) is 1.51. The highest BCUT2D eigenvalue weighted by Crippen LogP contribution is 2.24. The highest BCUT2D eigenvalue weighted by atomic mass is 35.5. The van der Waals surface area contributed by atoms with Gasteiger partial charge in [0, 0.05) is 5.56 Å². The van der Waals surface area contributed by atoms with Crippen LogP contribution in [0.5, 0.6) is 0 Å². The summed E-state index contributed by atoms with van der Waals surface area (Å²) in [5.41, 5.74) is 1.53. The Hall–Kier alpha value is -1.35. The molecule has 2 aromatic rings. The van der Waals surface area contributed by atoms with Gasteiger partial charge in [-0.25, -0.2) is 4.39 Å². The number of hydrogen-bond acceptors (Lipinski definition) is 1. The molecule has 0 fully saturated rings. The summed E-state index contributed by atoms with van der Waals surface area (Å²) in [5, 5.41) is 7.04. The van der Waals surface area contributed by atoms with Crippen molar-refractivity contribution < 1.29 is 4.39 Å². The summed E-state index contributed by atoms with van der Waals surface area (Å²) in [4.78, 5) is 0. The average Bonchev–Trinajstić information content (AvgIpc) is 2.53. The van der Waals surface area contributed by atoms with E-state index in [4.69, 9.17) is 11.6 Å². The minimum absolute atomic E-state index is 0.264. The van der Waals surface area contributed by atoms with Gasteiger partial charge in [-0.2, -0.15) is 5.10 Å². The van der Waals surface area contributed by atoms with Crippen molar-refractivity contribution in [3.8, 4) is 11.3 Å². The zero-order chi connectivity index (χ0) is 9.26. The second kappa shape index (κ2) is 3.18. The van der Waals surface area contributed by atoms with Crippen LogP contribution in [0.4, 0.5) is 4.39 Å². The van der Waals surface area contributed by atoms with Gasteiger partial charge in [0.1, 0.15) is 5.82 Å². The fraction of sp³-hybridized carbons (Fsp3) is 0. The van der Waals surface area contributed by atoms with Crippen LogP contribution in [-0.2, 0) is 0 Å². The lowest BCUT2D eigenvalue weighted by molar-refractivity contribution is 0.628. The lowest BCUT2D eigenvalue weighted by Gasteiger charge is -1.97. The van der Waals surface area contributed by atoms with Gasteiger partial charge in [-0.3, -0.25) is 5.10 Å². The van der Waals surface area contributed by atoms with Crippen LogP contribution in [0.1, 0.15) is 0 Å². The van der Waals surface area contributed by atoms with Crippen LogP contribution < -0.4 is 0 Å². The van der Waals surface area contributed by atoms with Gasteiger partial charge < -0.3 is 0 Å². The predicted molar refractivity (Wildman–Crippen MR) is 49.0 cm³/mol. The maximum Gasteiger partial charge on any atom is 0.123 e. The van der Waals surface area contributed by atoms with E-state index in [1.54, 1.807) is 12.1 Å². The molecule has 1 aromatic heterocycles. The molecular formula is C9H6ClFN2. The predicted octanol–water partition coefficient (Wildman–Crippen LogP) is 2.87. The van der Waals surface area contributed by atoms with E-state index in [2.05, 4.69) is 10.2 Å². The normalized spacial score (nSPS) is 10.3. The minimum Gasteiger partial charge on any atom is -0.276 e. The molecule has 4 heteroatoms. The molecule has 2 rings (SSSR count). The lowest BCUT2D eigenvalue weighted by atomic mass is 10.1. The van der Waals surface area contributed by atoms with E-state index >= 15 is 0 Å². The molecule has 0 aliphatic heterocycles. The standard InChI is InChI=1S/C9H6ClFN2/c10-8-5-12-13-9(8)6-1-3-7(11)4-2-6/h1-5H,(H,12,13). The molecule has 2 nitrogen and oxygen atoms in total. The quantitative estimate of drug-likeness (QED) is 0.747. The summed E-state index contributed by atoms with van der Waals surface area (Å²) < 4.78 is 12.6. The van der Waals surface area contributed by atoms with Crippen LogP contribution in [0.25, 0.3) is 11.3 Å². The molecule has 0 unspecified atom stereocenters. The Labute approximate surface area is 79.4 Å². The number of hydrogen-bond donors (Lipinski definition) is 1. The molecule has 0 amide bonds. The maximum absolute atomic E-state index is 12.6. The molecule has 0 saturated heterocycles. The summed E-state index contributed by atoms with van der Waals surface area (Å²) in [5.74, 6) is -0.264. The minimum atomic E-state index is -0.264. The van der Waals surface area contributed by atoms with Crippen LogP contribution in [0.2, 0.25) is 5.02 Å².